The highest BCUT2D eigenvalue weighted by molar-refractivity contribution is 6.01. The number of fused-ring (bicyclic) bond motifs is 1. The predicted molar refractivity (Wildman–Crippen MR) is 73.1 cm³/mol. The summed E-state index contributed by atoms with van der Waals surface area (Å²) in [5, 5.41) is 0.574. The first-order valence-electron chi connectivity index (χ1n) is 5.98. The summed E-state index contributed by atoms with van der Waals surface area (Å²) in [6.45, 7) is 7.38. The van der Waals surface area contributed by atoms with Crippen molar-refractivity contribution in [2.75, 3.05) is 0 Å². The van der Waals surface area contributed by atoms with Gasteiger partial charge in [-0.2, -0.15) is 0 Å². The van der Waals surface area contributed by atoms with Gasteiger partial charge in [0.05, 0.1) is 11.1 Å². The molecule has 3 heteroatoms. The Morgan fingerprint density at radius 3 is 2.50 bits per heavy atom. The molecule has 0 spiro atoms. The van der Waals surface area contributed by atoms with Crippen LogP contribution in [0.1, 0.15) is 36.7 Å². The number of rotatable bonds is 1. The quantitative estimate of drug-likeness (QED) is 0.782. The second kappa shape index (κ2) is 4.09. The first kappa shape index (κ1) is 12.6. The smallest absolute Gasteiger partial charge is 0.200 e. The number of Topliss-reactive ketones (excluding diaryl/α,β-unsaturated/α-hetero) is 1. The van der Waals surface area contributed by atoms with Crippen molar-refractivity contribution >= 4 is 16.7 Å². The van der Waals surface area contributed by atoms with E-state index in [2.05, 4.69) is 4.98 Å². The minimum Gasteiger partial charge on any atom is -0.360 e. The molecule has 3 nitrogen and oxygen atoms in total. The molecule has 0 saturated carbocycles. The van der Waals surface area contributed by atoms with Gasteiger partial charge in [-0.25, -0.2) is 0 Å². The SMILES string of the molecule is Cc1cccc2c(=O)c(C(=O)C(C)(C)C)c[nH]c12. The number of hydrogen-bond donors (Lipinski definition) is 1. The monoisotopic (exact) mass is 243 g/mol. The summed E-state index contributed by atoms with van der Waals surface area (Å²) in [7, 11) is 0. The van der Waals surface area contributed by atoms with Crippen LogP contribution in [0.2, 0.25) is 0 Å². The average molecular weight is 243 g/mol. The molecule has 0 fully saturated rings. The summed E-state index contributed by atoms with van der Waals surface area (Å²) in [5.41, 5.74) is 1.30. The largest absolute Gasteiger partial charge is 0.360 e. The van der Waals surface area contributed by atoms with E-state index in [-0.39, 0.29) is 16.8 Å². The zero-order valence-electron chi connectivity index (χ0n) is 11.1. The van der Waals surface area contributed by atoms with Crippen molar-refractivity contribution in [2.24, 2.45) is 5.41 Å². The molecular weight excluding hydrogens is 226 g/mol. The molecule has 0 unspecified atom stereocenters. The third-order valence-electron chi connectivity index (χ3n) is 3.05. The van der Waals surface area contributed by atoms with Crippen molar-refractivity contribution in [1.29, 1.82) is 0 Å². The Morgan fingerprint density at radius 1 is 1.22 bits per heavy atom. The topological polar surface area (TPSA) is 49.9 Å². The van der Waals surface area contributed by atoms with Crippen LogP contribution in [0.25, 0.3) is 10.9 Å². The van der Waals surface area contributed by atoms with Gasteiger partial charge in [0.15, 0.2) is 11.2 Å². The molecule has 1 heterocycles. The molecule has 2 rings (SSSR count). The van der Waals surface area contributed by atoms with Gasteiger partial charge in [0.25, 0.3) is 0 Å². The van der Waals surface area contributed by atoms with Crippen LogP contribution in [0.4, 0.5) is 0 Å². The fourth-order valence-electron chi connectivity index (χ4n) is 1.98. The van der Waals surface area contributed by atoms with Gasteiger partial charge in [-0.1, -0.05) is 32.9 Å². The zero-order chi connectivity index (χ0) is 13.5. The first-order valence-corrected chi connectivity index (χ1v) is 5.98. The Labute approximate surface area is 106 Å². The molecule has 0 amide bonds. The average Bonchev–Trinajstić information content (AvgIpc) is 2.29. The maximum absolute atomic E-state index is 12.3. The standard InChI is InChI=1S/C15H17NO2/c1-9-6-5-7-10-12(9)16-8-11(13(10)17)14(18)15(2,3)4/h5-8H,1-4H3,(H,16,17). The molecule has 94 valence electrons. The van der Waals surface area contributed by atoms with Gasteiger partial charge in [-0.3, -0.25) is 9.59 Å². The molecule has 0 bridgehead atoms. The number of aromatic nitrogens is 1. The zero-order valence-corrected chi connectivity index (χ0v) is 11.1. The van der Waals surface area contributed by atoms with Gasteiger partial charge < -0.3 is 4.98 Å². The fourth-order valence-corrected chi connectivity index (χ4v) is 1.98. The second-order valence-electron chi connectivity index (χ2n) is 5.61. The number of carbonyl (C=O) groups excluding carboxylic acids is 1. The van der Waals surface area contributed by atoms with Gasteiger partial charge in [0.1, 0.15) is 0 Å². The maximum Gasteiger partial charge on any atom is 0.200 e. The van der Waals surface area contributed by atoms with E-state index in [1.165, 1.54) is 6.20 Å². The molecule has 0 aliphatic rings. The van der Waals surface area contributed by atoms with E-state index >= 15 is 0 Å². The van der Waals surface area contributed by atoms with Crippen LogP contribution in [0, 0.1) is 12.3 Å². The van der Waals surface area contributed by atoms with Crippen LogP contribution in [0.15, 0.2) is 29.2 Å². The van der Waals surface area contributed by atoms with Crippen LogP contribution in [0.5, 0.6) is 0 Å². The third-order valence-corrected chi connectivity index (χ3v) is 3.05. The van der Waals surface area contributed by atoms with Crippen molar-refractivity contribution in [3.63, 3.8) is 0 Å². The van der Waals surface area contributed by atoms with Gasteiger partial charge in [0.2, 0.25) is 0 Å². The number of H-pyrrole nitrogens is 1. The molecule has 1 N–H and O–H groups in total. The minimum absolute atomic E-state index is 0.132. The van der Waals surface area contributed by atoms with Gasteiger partial charge in [0, 0.05) is 17.0 Å². The van der Waals surface area contributed by atoms with E-state index < -0.39 is 5.41 Å². The van der Waals surface area contributed by atoms with Crippen molar-refractivity contribution < 1.29 is 4.79 Å². The number of aryl methyl sites for hydroxylation is 1. The second-order valence-corrected chi connectivity index (χ2v) is 5.61. The lowest BCUT2D eigenvalue weighted by Crippen LogP contribution is -2.26. The lowest BCUT2D eigenvalue weighted by Gasteiger charge is -2.16. The van der Waals surface area contributed by atoms with E-state index in [0.717, 1.165) is 11.1 Å². The van der Waals surface area contributed by atoms with E-state index in [0.29, 0.717) is 5.39 Å². The Balaban J connectivity index is 2.74. The maximum atomic E-state index is 12.3. The summed E-state index contributed by atoms with van der Waals surface area (Å²) in [6.07, 6.45) is 1.53. The van der Waals surface area contributed by atoms with Crippen molar-refractivity contribution in [3.8, 4) is 0 Å². The van der Waals surface area contributed by atoms with Crippen molar-refractivity contribution in [3.05, 3.63) is 45.7 Å². The van der Waals surface area contributed by atoms with E-state index in [1.807, 2.05) is 39.8 Å². The van der Waals surface area contributed by atoms with Crippen LogP contribution >= 0.6 is 0 Å². The summed E-state index contributed by atoms with van der Waals surface area (Å²) in [6, 6.07) is 5.52. The number of benzene rings is 1. The first-order chi connectivity index (χ1) is 8.32. The number of nitrogens with one attached hydrogen (secondary N) is 1. The highest BCUT2D eigenvalue weighted by atomic mass is 16.1. The molecule has 0 radical (unpaired) electrons. The lowest BCUT2D eigenvalue weighted by molar-refractivity contribution is 0.0857. The van der Waals surface area contributed by atoms with E-state index in [1.54, 1.807) is 6.07 Å². The number of hydrogen-bond acceptors (Lipinski definition) is 2. The summed E-state index contributed by atoms with van der Waals surface area (Å²) in [5.74, 6) is -0.132. The van der Waals surface area contributed by atoms with Crippen LogP contribution < -0.4 is 5.43 Å². The molecular formula is C15H17NO2. The molecule has 0 atom stereocenters. The molecule has 18 heavy (non-hydrogen) atoms. The number of aromatic amines is 1. The van der Waals surface area contributed by atoms with Gasteiger partial charge in [-0.15, -0.1) is 0 Å². The Bertz CT molecular complexity index is 675. The van der Waals surface area contributed by atoms with Crippen LogP contribution in [-0.2, 0) is 0 Å². The van der Waals surface area contributed by atoms with Crippen molar-refractivity contribution in [1.82, 2.24) is 4.98 Å². The van der Waals surface area contributed by atoms with Crippen LogP contribution in [0.3, 0.4) is 0 Å². The van der Waals surface area contributed by atoms with Crippen molar-refractivity contribution in [2.45, 2.75) is 27.7 Å². The van der Waals surface area contributed by atoms with Gasteiger partial charge >= 0.3 is 0 Å². The normalized spacial score (nSPS) is 11.8. The predicted octanol–water partition coefficient (Wildman–Crippen LogP) is 3.07. The van der Waals surface area contributed by atoms with Crippen LogP contribution in [-0.4, -0.2) is 10.8 Å². The highest BCUT2D eigenvalue weighted by Gasteiger charge is 2.25. The van der Waals surface area contributed by atoms with E-state index in [4.69, 9.17) is 0 Å². The summed E-state index contributed by atoms with van der Waals surface area (Å²) in [4.78, 5) is 27.6. The minimum atomic E-state index is -0.551. The number of carbonyl (C=O) groups is 1. The molecule has 0 aliphatic carbocycles. The molecule has 0 saturated heterocycles. The Hall–Kier alpha value is -1.90. The highest BCUT2D eigenvalue weighted by Crippen LogP contribution is 2.20. The third kappa shape index (κ3) is 1.96. The Morgan fingerprint density at radius 2 is 1.89 bits per heavy atom. The Kier molecular flexibility index (Phi) is 2.85. The lowest BCUT2D eigenvalue weighted by atomic mass is 9.86. The van der Waals surface area contributed by atoms with Gasteiger partial charge in [-0.05, 0) is 18.6 Å². The molecule has 0 aliphatic heterocycles. The number of pyridine rings is 1. The fraction of sp³-hybridized carbons (Fsp3) is 0.333. The summed E-state index contributed by atoms with van der Waals surface area (Å²) >= 11 is 0. The molecule has 1 aromatic heterocycles. The number of ketones is 1. The summed E-state index contributed by atoms with van der Waals surface area (Å²) < 4.78 is 0. The van der Waals surface area contributed by atoms with E-state index in [9.17, 15) is 9.59 Å². The number of para-hydroxylation sites is 1. The molecule has 2 aromatic rings. The molecule has 1 aromatic carbocycles.